The molecule has 4 fully saturated rings. The standard InChI is InChI=1S/C17H23ClO5/c1-9(23-3-2-17(18,15(19)20)16(21)22)14-12-5-10-4-11(7-12)8-13(14)6-10/h10-13H,2-8H2,1H3,(H,19,20)(H,21,22). The van der Waals surface area contributed by atoms with E-state index in [1.807, 2.05) is 6.92 Å². The molecule has 0 aromatic rings. The summed E-state index contributed by atoms with van der Waals surface area (Å²) in [6.45, 7) is 1.93. The van der Waals surface area contributed by atoms with Crippen LogP contribution >= 0.6 is 11.6 Å². The van der Waals surface area contributed by atoms with E-state index in [9.17, 15) is 9.59 Å². The Morgan fingerprint density at radius 1 is 1.09 bits per heavy atom. The SMILES string of the molecule is CC(OCCC(Cl)(C(=O)O)C(=O)O)=C1C2CC3CC(C2)CC1C3. The summed E-state index contributed by atoms with van der Waals surface area (Å²) in [6.07, 6.45) is 6.09. The molecule has 0 saturated heterocycles. The van der Waals surface area contributed by atoms with Gasteiger partial charge in [-0.05, 0) is 68.3 Å². The average molecular weight is 343 g/mol. The Kier molecular flexibility index (Phi) is 4.34. The zero-order valence-corrected chi connectivity index (χ0v) is 14.0. The third-order valence-electron chi connectivity index (χ3n) is 5.87. The van der Waals surface area contributed by atoms with Crippen LogP contribution in [0, 0.1) is 23.7 Å². The molecule has 0 amide bonds. The summed E-state index contributed by atoms with van der Waals surface area (Å²) in [7, 11) is 0. The van der Waals surface area contributed by atoms with Gasteiger partial charge in [0, 0.05) is 6.42 Å². The Morgan fingerprint density at radius 3 is 2.00 bits per heavy atom. The molecule has 128 valence electrons. The predicted molar refractivity (Wildman–Crippen MR) is 84.2 cm³/mol. The van der Waals surface area contributed by atoms with Gasteiger partial charge in [-0.3, -0.25) is 0 Å². The van der Waals surface area contributed by atoms with Crippen LogP contribution in [0.1, 0.15) is 45.4 Å². The van der Waals surface area contributed by atoms with Crippen molar-refractivity contribution in [3.05, 3.63) is 11.3 Å². The predicted octanol–water partition coefficient (Wildman–Crippen LogP) is 3.27. The van der Waals surface area contributed by atoms with Gasteiger partial charge < -0.3 is 14.9 Å². The topological polar surface area (TPSA) is 83.8 Å². The lowest BCUT2D eigenvalue weighted by atomic mass is 9.54. The maximum atomic E-state index is 11.1. The molecular weight excluding hydrogens is 320 g/mol. The molecule has 23 heavy (non-hydrogen) atoms. The number of carboxylic acid groups (broad SMARTS) is 2. The number of halogens is 1. The second kappa shape index (κ2) is 6.00. The van der Waals surface area contributed by atoms with E-state index in [0.29, 0.717) is 11.8 Å². The maximum absolute atomic E-state index is 11.1. The normalized spacial score (nSPS) is 32.0. The van der Waals surface area contributed by atoms with Gasteiger partial charge >= 0.3 is 11.9 Å². The monoisotopic (exact) mass is 342 g/mol. The summed E-state index contributed by atoms with van der Waals surface area (Å²) in [6, 6.07) is 0. The van der Waals surface area contributed by atoms with E-state index in [0.717, 1.165) is 17.6 Å². The van der Waals surface area contributed by atoms with Crippen molar-refractivity contribution in [3.63, 3.8) is 0 Å². The van der Waals surface area contributed by atoms with Crippen molar-refractivity contribution in [1.82, 2.24) is 0 Å². The van der Waals surface area contributed by atoms with Gasteiger partial charge in [0.15, 0.2) is 0 Å². The van der Waals surface area contributed by atoms with Crippen molar-refractivity contribution in [2.45, 2.75) is 50.3 Å². The Labute approximate surface area is 140 Å². The number of hydrogen-bond acceptors (Lipinski definition) is 3. The van der Waals surface area contributed by atoms with Crippen LogP contribution in [0.25, 0.3) is 0 Å². The number of carboxylic acids is 2. The molecule has 4 bridgehead atoms. The van der Waals surface area contributed by atoms with Gasteiger partial charge in [0.1, 0.15) is 0 Å². The van der Waals surface area contributed by atoms with Crippen molar-refractivity contribution >= 4 is 23.5 Å². The molecular formula is C17H23ClO5. The second-order valence-corrected chi connectivity index (χ2v) is 7.97. The van der Waals surface area contributed by atoms with Gasteiger partial charge in [0.2, 0.25) is 4.87 Å². The molecule has 4 aliphatic rings. The van der Waals surface area contributed by atoms with Crippen LogP contribution in [0.2, 0.25) is 0 Å². The molecule has 4 saturated carbocycles. The summed E-state index contributed by atoms with van der Waals surface area (Å²) >= 11 is 5.70. The van der Waals surface area contributed by atoms with Crippen LogP contribution in [-0.4, -0.2) is 33.6 Å². The van der Waals surface area contributed by atoms with Crippen LogP contribution in [0.4, 0.5) is 0 Å². The van der Waals surface area contributed by atoms with Gasteiger partial charge in [0.25, 0.3) is 0 Å². The minimum Gasteiger partial charge on any atom is -0.498 e. The van der Waals surface area contributed by atoms with Crippen molar-refractivity contribution in [3.8, 4) is 0 Å². The lowest BCUT2D eigenvalue weighted by molar-refractivity contribution is -0.153. The quantitative estimate of drug-likeness (QED) is 0.439. The molecule has 4 rings (SSSR count). The first-order valence-corrected chi connectivity index (χ1v) is 8.68. The summed E-state index contributed by atoms with van der Waals surface area (Å²) in [5.41, 5.74) is 1.39. The highest BCUT2D eigenvalue weighted by Gasteiger charge is 2.47. The number of ether oxygens (including phenoxy) is 1. The Morgan fingerprint density at radius 2 is 1.57 bits per heavy atom. The number of aliphatic carboxylic acids is 2. The minimum absolute atomic E-state index is 0.00370. The molecule has 2 N–H and O–H groups in total. The molecule has 0 atom stereocenters. The zero-order chi connectivity index (χ0) is 16.8. The van der Waals surface area contributed by atoms with Crippen molar-refractivity contribution in [2.75, 3.05) is 6.61 Å². The highest BCUT2D eigenvalue weighted by molar-refractivity contribution is 6.44. The molecule has 0 spiro atoms. The van der Waals surface area contributed by atoms with Crippen LogP contribution in [0.5, 0.6) is 0 Å². The molecule has 4 aliphatic carbocycles. The van der Waals surface area contributed by atoms with Crippen LogP contribution in [-0.2, 0) is 14.3 Å². The first-order chi connectivity index (χ1) is 10.8. The Balaban J connectivity index is 1.64. The fourth-order valence-corrected chi connectivity index (χ4v) is 5.08. The lowest BCUT2D eigenvalue weighted by Crippen LogP contribution is -2.42. The van der Waals surface area contributed by atoms with Crippen LogP contribution < -0.4 is 0 Å². The van der Waals surface area contributed by atoms with Crippen molar-refractivity contribution in [2.24, 2.45) is 23.7 Å². The summed E-state index contributed by atoms with van der Waals surface area (Å²) in [4.78, 5) is 19.8. The van der Waals surface area contributed by atoms with Crippen molar-refractivity contribution in [1.29, 1.82) is 0 Å². The summed E-state index contributed by atoms with van der Waals surface area (Å²) in [5.74, 6) is 0.697. The molecule has 0 radical (unpaired) electrons. The number of carbonyl (C=O) groups is 2. The Hall–Kier alpha value is -1.23. The van der Waals surface area contributed by atoms with E-state index in [-0.39, 0.29) is 13.0 Å². The summed E-state index contributed by atoms with van der Waals surface area (Å²) < 4.78 is 5.73. The van der Waals surface area contributed by atoms with Gasteiger partial charge in [-0.15, -0.1) is 0 Å². The number of allylic oxidation sites excluding steroid dienone is 2. The number of alkyl halides is 1. The fraction of sp³-hybridized carbons (Fsp3) is 0.765. The number of hydrogen-bond donors (Lipinski definition) is 2. The highest BCUT2D eigenvalue weighted by Crippen LogP contribution is 2.57. The van der Waals surface area contributed by atoms with E-state index >= 15 is 0 Å². The summed E-state index contributed by atoms with van der Waals surface area (Å²) in [5, 5.41) is 18.0. The van der Waals surface area contributed by atoms with Crippen LogP contribution in [0.15, 0.2) is 11.3 Å². The molecule has 0 aliphatic heterocycles. The first kappa shape index (κ1) is 16.6. The molecule has 6 heteroatoms. The molecule has 0 aromatic heterocycles. The van der Waals surface area contributed by atoms with Crippen molar-refractivity contribution < 1.29 is 24.5 Å². The number of rotatable bonds is 6. The third kappa shape index (κ3) is 2.95. The first-order valence-electron chi connectivity index (χ1n) is 8.30. The van der Waals surface area contributed by atoms with Gasteiger partial charge in [-0.2, -0.15) is 0 Å². The van der Waals surface area contributed by atoms with E-state index in [1.54, 1.807) is 0 Å². The molecule has 5 nitrogen and oxygen atoms in total. The average Bonchev–Trinajstić information content (AvgIpc) is 2.45. The fourth-order valence-electron chi connectivity index (χ4n) is 5.00. The van der Waals surface area contributed by atoms with Crippen LogP contribution in [0.3, 0.4) is 0 Å². The van der Waals surface area contributed by atoms with Gasteiger partial charge in [-0.25, -0.2) is 9.59 Å². The molecule has 0 aromatic carbocycles. The van der Waals surface area contributed by atoms with E-state index in [4.69, 9.17) is 26.6 Å². The smallest absolute Gasteiger partial charge is 0.336 e. The van der Waals surface area contributed by atoms with Gasteiger partial charge in [0.05, 0.1) is 12.4 Å². The third-order valence-corrected chi connectivity index (χ3v) is 6.38. The van der Waals surface area contributed by atoms with E-state index < -0.39 is 16.8 Å². The maximum Gasteiger partial charge on any atom is 0.336 e. The zero-order valence-electron chi connectivity index (χ0n) is 13.3. The van der Waals surface area contributed by atoms with E-state index in [2.05, 4.69) is 0 Å². The molecule has 0 heterocycles. The Bertz CT molecular complexity index is 509. The lowest BCUT2D eigenvalue weighted by Gasteiger charge is -2.51. The minimum atomic E-state index is -2.31. The van der Waals surface area contributed by atoms with E-state index in [1.165, 1.54) is 37.7 Å². The largest absolute Gasteiger partial charge is 0.498 e. The second-order valence-electron chi connectivity index (χ2n) is 7.33. The molecule has 0 unspecified atom stereocenters. The van der Waals surface area contributed by atoms with Gasteiger partial charge in [-0.1, -0.05) is 11.6 Å². The highest BCUT2D eigenvalue weighted by atomic mass is 35.5.